The van der Waals surface area contributed by atoms with Crippen molar-refractivity contribution in [3.8, 4) is 5.75 Å². The Labute approximate surface area is 204 Å². The molecule has 0 saturated carbocycles. The van der Waals surface area contributed by atoms with Gasteiger partial charge in [0, 0.05) is 16.9 Å². The van der Waals surface area contributed by atoms with E-state index >= 15 is 0 Å². The minimum absolute atomic E-state index is 0.205. The van der Waals surface area contributed by atoms with E-state index in [1.54, 1.807) is 36.4 Å². The van der Waals surface area contributed by atoms with Crippen LogP contribution in [-0.4, -0.2) is 30.5 Å². The molecule has 3 aromatic rings. The van der Waals surface area contributed by atoms with Crippen LogP contribution in [-0.2, 0) is 14.4 Å². The summed E-state index contributed by atoms with van der Waals surface area (Å²) in [4.78, 5) is 36.7. The van der Waals surface area contributed by atoms with Crippen LogP contribution < -0.4 is 20.8 Å². The second kappa shape index (κ2) is 11.6. The molecule has 180 valence electrons. The van der Waals surface area contributed by atoms with Crippen LogP contribution in [0.1, 0.15) is 27.8 Å². The fourth-order valence-electron chi connectivity index (χ4n) is 3.33. The zero-order chi connectivity index (χ0) is 25.4. The highest BCUT2D eigenvalue weighted by atomic mass is 16.5. The van der Waals surface area contributed by atoms with Gasteiger partial charge in [-0.15, -0.1) is 0 Å². The second-order valence-electron chi connectivity index (χ2n) is 8.04. The Morgan fingerprint density at radius 3 is 2.20 bits per heavy atom. The van der Waals surface area contributed by atoms with Crippen molar-refractivity contribution in [3.05, 3.63) is 88.5 Å². The Morgan fingerprint density at radius 2 is 1.46 bits per heavy atom. The molecule has 0 saturated heterocycles. The predicted molar refractivity (Wildman–Crippen MR) is 137 cm³/mol. The molecular weight excluding hydrogens is 444 g/mol. The van der Waals surface area contributed by atoms with Crippen LogP contribution in [0.4, 0.5) is 11.4 Å². The molecule has 3 rings (SSSR count). The Bertz CT molecular complexity index is 1260. The van der Waals surface area contributed by atoms with Crippen molar-refractivity contribution in [1.82, 2.24) is 5.43 Å². The van der Waals surface area contributed by atoms with Gasteiger partial charge in [0.05, 0.1) is 6.21 Å². The average Bonchev–Trinajstić information content (AvgIpc) is 2.83. The van der Waals surface area contributed by atoms with Crippen molar-refractivity contribution in [2.45, 2.75) is 27.7 Å². The molecule has 0 fully saturated rings. The third-order valence-corrected chi connectivity index (χ3v) is 5.45. The molecule has 0 aliphatic heterocycles. The van der Waals surface area contributed by atoms with Gasteiger partial charge in [-0.1, -0.05) is 42.5 Å². The van der Waals surface area contributed by atoms with E-state index in [4.69, 9.17) is 4.74 Å². The molecule has 8 nitrogen and oxygen atoms in total. The predicted octanol–water partition coefficient (Wildman–Crippen LogP) is 4.03. The molecule has 0 unspecified atom stereocenters. The fraction of sp³-hybridized carbons (Fsp3) is 0.185. The molecule has 0 aliphatic carbocycles. The van der Waals surface area contributed by atoms with Gasteiger partial charge >= 0.3 is 11.8 Å². The van der Waals surface area contributed by atoms with E-state index in [0.717, 1.165) is 27.9 Å². The average molecular weight is 473 g/mol. The van der Waals surface area contributed by atoms with Gasteiger partial charge in [-0.3, -0.25) is 14.4 Å². The van der Waals surface area contributed by atoms with Crippen molar-refractivity contribution in [3.63, 3.8) is 0 Å². The summed E-state index contributed by atoms with van der Waals surface area (Å²) in [6.45, 7) is 7.42. The van der Waals surface area contributed by atoms with Gasteiger partial charge < -0.3 is 15.4 Å². The molecule has 3 amide bonds. The number of para-hydroxylation sites is 2. The Kier molecular flexibility index (Phi) is 8.34. The molecule has 8 heteroatoms. The van der Waals surface area contributed by atoms with Gasteiger partial charge in [0.1, 0.15) is 5.75 Å². The van der Waals surface area contributed by atoms with E-state index in [1.807, 2.05) is 52.0 Å². The number of aryl methyl sites for hydroxylation is 3. The number of hydrogen-bond acceptors (Lipinski definition) is 5. The summed E-state index contributed by atoms with van der Waals surface area (Å²) in [6, 6.07) is 18.1. The van der Waals surface area contributed by atoms with Crippen molar-refractivity contribution >= 4 is 35.3 Å². The lowest BCUT2D eigenvalue weighted by atomic mass is 10.1. The molecular formula is C27H28N4O4. The standard InChI is InChI=1S/C27H28N4O4/c1-17-9-8-13-22(20(17)4)29-26(33)27(34)31-28-15-21-12-5-6-14-23(21)35-16-24(32)30-25-18(2)10-7-11-19(25)3/h5-15H,16H2,1-4H3,(H,29,33)(H,30,32)(H,31,34)/b28-15-. The van der Waals surface area contributed by atoms with Crippen LogP contribution >= 0.6 is 0 Å². The first-order valence-corrected chi connectivity index (χ1v) is 11.0. The van der Waals surface area contributed by atoms with E-state index in [1.165, 1.54) is 6.21 Å². The van der Waals surface area contributed by atoms with Crippen molar-refractivity contribution in [2.24, 2.45) is 5.10 Å². The summed E-state index contributed by atoms with van der Waals surface area (Å²) < 4.78 is 5.66. The molecule has 0 aliphatic rings. The minimum Gasteiger partial charge on any atom is -0.483 e. The summed E-state index contributed by atoms with van der Waals surface area (Å²) in [6.07, 6.45) is 1.35. The van der Waals surface area contributed by atoms with Crippen LogP contribution in [0.25, 0.3) is 0 Å². The molecule has 0 radical (unpaired) electrons. The number of nitrogens with one attached hydrogen (secondary N) is 3. The largest absolute Gasteiger partial charge is 0.483 e. The summed E-state index contributed by atoms with van der Waals surface area (Å²) in [5.41, 5.74) is 7.86. The van der Waals surface area contributed by atoms with E-state index in [2.05, 4.69) is 21.2 Å². The number of anilines is 2. The third kappa shape index (κ3) is 6.77. The van der Waals surface area contributed by atoms with Gasteiger partial charge in [0.2, 0.25) is 0 Å². The SMILES string of the molecule is Cc1cccc(NC(=O)C(=O)N/N=C\c2ccccc2OCC(=O)Nc2c(C)cccc2C)c1C. The molecule has 3 N–H and O–H groups in total. The van der Waals surface area contributed by atoms with Gasteiger partial charge in [-0.25, -0.2) is 5.43 Å². The maximum Gasteiger partial charge on any atom is 0.329 e. The Balaban J connectivity index is 1.57. The quantitative estimate of drug-likeness (QED) is 0.274. The van der Waals surface area contributed by atoms with Crippen molar-refractivity contribution < 1.29 is 19.1 Å². The molecule has 0 aromatic heterocycles. The minimum atomic E-state index is -0.909. The Morgan fingerprint density at radius 1 is 0.800 bits per heavy atom. The smallest absolute Gasteiger partial charge is 0.329 e. The lowest BCUT2D eigenvalue weighted by Gasteiger charge is -2.13. The molecule has 3 aromatic carbocycles. The molecule has 0 heterocycles. The second-order valence-corrected chi connectivity index (χ2v) is 8.04. The summed E-state index contributed by atoms with van der Waals surface area (Å²) in [5.74, 6) is -1.63. The van der Waals surface area contributed by atoms with Crippen molar-refractivity contribution in [1.29, 1.82) is 0 Å². The maximum atomic E-state index is 12.4. The fourth-order valence-corrected chi connectivity index (χ4v) is 3.33. The van der Waals surface area contributed by atoms with Crippen LogP contribution in [0.2, 0.25) is 0 Å². The van der Waals surface area contributed by atoms with Crippen molar-refractivity contribution in [2.75, 3.05) is 17.2 Å². The lowest BCUT2D eigenvalue weighted by Crippen LogP contribution is -2.32. The van der Waals surface area contributed by atoms with Crippen LogP contribution in [0, 0.1) is 27.7 Å². The third-order valence-electron chi connectivity index (χ3n) is 5.45. The van der Waals surface area contributed by atoms with E-state index < -0.39 is 11.8 Å². The highest BCUT2D eigenvalue weighted by Crippen LogP contribution is 2.20. The molecule has 0 atom stereocenters. The number of rotatable bonds is 7. The first kappa shape index (κ1) is 25.2. The van der Waals surface area contributed by atoms with E-state index in [9.17, 15) is 14.4 Å². The maximum absolute atomic E-state index is 12.4. The van der Waals surface area contributed by atoms with Crippen LogP contribution in [0.3, 0.4) is 0 Å². The molecule has 0 bridgehead atoms. The van der Waals surface area contributed by atoms with E-state index in [-0.39, 0.29) is 12.5 Å². The number of carbonyl (C=O) groups is 3. The highest BCUT2D eigenvalue weighted by molar-refractivity contribution is 6.39. The number of amides is 3. The van der Waals surface area contributed by atoms with E-state index in [0.29, 0.717) is 17.0 Å². The van der Waals surface area contributed by atoms with Gasteiger partial charge in [-0.05, 0) is 68.1 Å². The Hall–Kier alpha value is -4.46. The number of ether oxygens (including phenoxy) is 1. The van der Waals surface area contributed by atoms with Crippen LogP contribution in [0.15, 0.2) is 65.8 Å². The first-order valence-electron chi connectivity index (χ1n) is 11.0. The number of hydrogen-bond donors (Lipinski definition) is 3. The van der Waals surface area contributed by atoms with Gasteiger partial charge in [0.15, 0.2) is 6.61 Å². The molecule has 0 spiro atoms. The number of nitrogens with zero attached hydrogens (tertiary/aromatic N) is 1. The number of hydrazone groups is 1. The topological polar surface area (TPSA) is 109 Å². The zero-order valence-corrected chi connectivity index (χ0v) is 20.1. The number of benzene rings is 3. The van der Waals surface area contributed by atoms with Gasteiger partial charge in [-0.2, -0.15) is 5.10 Å². The summed E-state index contributed by atoms with van der Waals surface area (Å²) >= 11 is 0. The number of carbonyl (C=O) groups excluding carboxylic acids is 3. The van der Waals surface area contributed by atoms with Gasteiger partial charge in [0.25, 0.3) is 5.91 Å². The van der Waals surface area contributed by atoms with Crippen LogP contribution in [0.5, 0.6) is 5.75 Å². The lowest BCUT2D eigenvalue weighted by molar-refractivity contribution is -0.136. The zero-order valence-electron chi connectivity index (χ0n) is 20.1. The normalized spacial score (nSPS) is 10.6. The summed E-state index contributed by atoms with van der Waals surface area (Å²) in [5, 5.41) is 9.30. The molecule has 35 heavy (non-hydrogen) atoms. The summed E-state index contributed by atoms with van der Waals surface area (Å²) in [7, 11) is 0. The highest BCUT2D eigenvalue weighted by Gasteiger charge is 2.14. The monoisotopic (exact) mass is 472 g/mol. The first-order chi connectivity index (χ1) is 16.8.